The van der Waals surface area contributed by atoms with Crippen LogP contribution >= 0.6 is 23.1 Å². The highest BCUT2D eigenvalue weighted by Crippen LogP contribution is 2.41. The number of nitrogen functional groups attached to an aromatic ring is 1. The number of fused-ring (bicyclic) bond motifs is 1. The molecule has 7 N–H and O–H groups in total. The largest absolute Gasteiger partial charge is 0.503 e. The Hall–Kier alpha value is -4.95. The third-order valence-electron chi connectivity index (χ3n) is 7.29. The Morgan fingerprint density at radius 3 is 2.45 bits per heavy atom. The summed E-state index contributed by atoms with van der Waals surface area (Å²) >= 11 is 2.21. The van der Waals surface area contributed by atoms with E-state index in [1.165, 1.54) is 35.6 Å². The fraction of sp³-hybridized carbons (Fsp3) is 0.407. The molecule has 2 aliphatic rings. The minimum atomic E-state index is -1.81. The number of carboxylic acid groups (broad SMARTS) is 3. The number of amides is 2. The lowest BCUT2D eigenvalue weighted by atomic mass is 10.0. The molecule has 0 spiro atoms. The maximum atomic E-state index is 13.3. The van der Waals surface area contributed by atoms with Gasteiger partial charge in [-0.1, -0.05) is 5.16 Å². The molecule has 2 aliphatic heterocycles. The molecule has 2 aromatic heterocycles. The first-order valence-corrected chi connectivity index (χ1v) is 15.7. The van der Waals surface area contributed by atoms with E-state index in [1.54, 1.807) is 14.1 Å². The number of rotatable bonds is 13. The van der Waals surface area contributed by atoms with Gasteiger partial charge in [-0.05, 0) is 13.8 Å². The van der Waals surface area contributed by atoms with E-state index in [9.17, 15) is 49.2 Å². The SMILES string of the molecule is CC(C)(ON=C(C(=O)N[C@@H]1C(=O)N2C(C(=O)O)=C(C[N+](C)(C)CCn3cc(O)c(=O)cc3C(=O)O)CS[C@@H]12)c1csc(N)n1)C(=O)O. The van der Waals surface area contributed by atoms with E-state index in [0.29, 0.717) is 5.57 Å². The fourth-order valence-corrected chi connectivity index (χ4v) is 6.60. The molecule has 0 bridgehead atoms. The number of nitrogens with two attached hydrogens (primary N) is 1. The highest BCUT2D eigenvalue weighted by atomic mass is 32.2. The smallest absolute Gasteiger partial charge is 0.352 e. The predicted octanol–water partition coefficient (Wildman–Crippen LogP) is -0.610. The van der Waals surface area contributed by atoms with Gasteiger partial charge in [-0.3, -0.25) is 19.3 Å². The van der Waals surface area contributed by atoms with Crippen molar-refractivity contribution in [3.8, 4) is 5.75 Å². The second-order valence-electron chi connectivity index (χ2n) is 11.8. The van der Waals surface area contributed by atoms with Crippen LogP contribution in [0.4, 0.5) is 5.13 Å². The van der Waals surface area contributed by atoms with Gasteiger partial charge in [-0.2, -0.15) is 0 Å². The van der Waals surface area contributed by atoms with E-state index >= 15 is 0 Å². The van der Waals surface area contributed by atoms with Gasteiger partial charge in [0.15, 0.2) is 16.6 Å². The van der Waals surface area contributed by atoms with Crippen molar-refractivity contribution in [2.24, 2.45) is 5.16 Å². The molecule has 2 amide bonds. The molecule has 20 heteroatoms. The number of quaternary nitrogens is 1. The molecule has 0 unspecified atom stereocenters. The van der Waals surface area contributed by atoms with Crippen molar-refractivity contribution >= 4 is 63.7 Å². The molecule has 18 nitrogen and oxygen atoms in total. The lowest BCUT2D eigenvalue weighted by Gasteiger charge is -2.49. The van der Waals surface area contributed by atoms with Crippen molar-refractivity contribution in [3.05, 3.63) is 50.5 Å². The van der Waals surface area contributed by atoms with E-state index in [-0.39, 0.29) is 52.1 Å². The molecule has 1 fully saturated rings. The molecule has 4 heterocycles. The van der Waals surface area contributed by atoms with Crippen molar-refractivity contribution < 1.29 is 53.7 Å². The number of carboxylic acids is 3. The third kappa shape index (κ3) is 7.39. The molecule has 1 saturated heterocycles. The second-order valence-corrected chi connectivity index (χ2v) is 13.8. The first-order chi connectivity index (χ1) is 21.8. The molecule has 252 valence electrons. The molecule has 0 saturated carbocycles. The van der Waals surface area contributed by atoms with Crippen LogP contribution < -0.4 is 16.5 Å². The number of β-lactam (4-membered cyclic amide) rings is 1. The highest BCUT2D eigenvalue weighted by molar-refractivity contribution is 8.00. The predicted molar refractivity (Wildman–Crippen MR) is 167 cm³/mol. The van der Waals surface area contributed by atoms with Gasteiger partial charge in [-0.15, -0.1) is 23.1 Å². The van der Waals surface area contributed by atoms with Crippen LogP contribution in [0.2, 0.25) is 0 Å². The quantitative estimate of drug-likeness (QED) is 0.0661. The second kappa shape index (κ2) is 13.0. The summed E-state index contributed by atoms with van der Waals surface area (Å²) in [5.41, 5.74) is 2.45. The van der Waals surface area contributed by atoms with Crippen molar-refractivity contribution in [2.45, 2.75) is 37.4 Å². The monoisotopic (exact) mass is 694 g/mol. The van der Waals surface area contributed by atoms with Crippen LogP contribution in [0.15, 0.2) is 38.9 Å². The molecule has 4 rings (SSSR count). The van der Waals surface area contributed by atoms with Gasteiger partial charge in [0, 0.05) is 22.8 Å². The van der Waals surface area contributed by atoms with Gasteiger partial charge in [0.05, 0.1) is 33.4 Å². The average Bonchev–Trinajstić information content (AvgIpc) is 3.41. The van der Waals surface area contributed by atoms with Crippen LogP contribution in [-0.2, 0) is 30.6 Å². The van der Waals surface area contributed by atoms with Crippen molar-refractivity contribution in [1.29, 1.82) is 0 Å². The third-order valence-corrected chi connectivity index (χ3v) is 9.30. The Morgan fingerprint density at radius 2 is 1.87 bits per heavy atom. The van der Waals surface area contributed by atoms with Crippen LogP contribution in [-0.4, -0.2) is 125 Å². The number of hydrogen-bond acceptors (Lipinski definition) is 13. The summed E-state index contributed by atoms with van der Waals surface area (Å²) in [5.74, 6) is -6.12. The number of oxime groups is 1. The number of aliphatic carboxylic acids is 2. The molecule has 2 atom stereocenters. The van der Waals surface area contributed by atoms with Crippen molar-refractivity contribution in [1.82, 2.24) is 19.8 Å². The Labute approximate surface area is 274 Å². The summed E-state index contributed by atoms with van der Waals surface area (Å²) in [7, 11) is 3.54. The zero-order chi connectivity index (χ0) is 35.0. The highest BCUT2D eigenvalue weighted by Gasteiger charge is 2.55. The first kappa shape index (κ1) is 34.9. The number of thiazole rings is 1. The Morgan fingerprint density at radius 1 is 1.19 bits per heavy atom. The number of carbonyl (C=O) groups excluding carboxylic acids is 2. The number of anilines is 1. The van der Waals surface area contributed by atoms with Crippen LogP contribution in [0.3, 0.4) is 0 Å². The van der Waals surface area contributed by atoms with Gasteiger partial charge < -0.3 is 45.4 Å². The Bertz CT molecular complexity index is 1780. The standard InChI is InChI=1S/C27H31N7O11S2/c1-27(2,25(43)44)45-31-17(13-11-47-26(28)29-13)20(37)30-18-21(38)33-19(24(41)42)12(10-46-22(18)33)9-34(3,4)6-5-32-8-16(36)15(35)7-14(32)23(39)40/h7-8,11,18,22H,5-6,9-10H2,1-4H3,(H6-,28,29,30,36,37,39,40,41,42,43,44)/p+1/t18-,22+/m1/s1. The Kier molecular flexibility index (Phi) is 9.69. The molecule has 47 heavy (non-hydrogen) atoms. The number of nitrogens with zero attached hydrogens (tertiary/aromatic N) is 5. The minimum absolute atomic E-state index is 0.0210. The van der Waals surface area contributed by atoms with Gasteiger partial charge in [0.25, 0.3) is 11.8 Å². The number of carbonyl (C=O) groups is 5. The Balaban J connectivity index is 1.52. The average molecular weight is 695 g/mol. The molecule has 0 radical (unpaired) electrons. The summed E-state index contributed by atoms with van der Waals surface area (Å²) in [4.78, 5) is 84.0. The van der Waals surface area contributed by atoms with E-state index in [4.69, 9.17) is 10.6 Å². The number of hydrogen-bond donors (Lipinski definition) is 6. The number of likely N-dealkylation sites (N-methyl/N-ethyl adjacent to an activating group) is 1. The van der Waals surface area contributed by atoms with Crippen LogP contribution in [0, 0.1) is 0 Å². The van der Waals surface area contributed by atoms with Crippen molar-refractivity contribution in [3.63, 3.8) is 0 Å². The lowest BCUT2D eigenvalue weighted by molar-refractivity contribution is -0.886. The maximum absolute atomic E-state index is 13.3. The molecular formula is C27H32N7O11S2+. The molecular weight excluding hydrogens is 662 g/mol. The zero-order valence-corrected chi connectivity index (χ0v) is 27.1. The lowest BCUT2D eigenvalue weighted by Crippen LogP contribution is -2.71. The number of thioether (sulfide) groups is 1. The first-order valence-electron chi connectivity index (χ1n) is 13.7. The van der Waals surface area contributed by atoms with E-state index in [1.807, 2.05) is 0 Å². The maximum Gasteiger partial charge on any atom is 0.352 e. The van der Waals surface area contributed by atoms with Crippen molar-refractivity contribution in [2.75, 3.05) is 38.7 Å². The number of pyridine rings is 1. The summed E-state index contributed by atoms with van der Waals surface area (Å²) in [6.45, 7) is 2.90. The van der Waals surface area contributed by atoms with Gasteiger partial charge in [-0.25, -0.2) is 19.4 Å². The van der Waals surface area contributed by atoms with Gasteiger partial charge in [0.2, 0.25) is 11.0 Å². The summed E-state index contributed by atoms with van der Waals surface area (Å²) in [6, 6.07) is -0.335. The van der Waals surface area contributed by atoms with Gasteiger partial charge in [0.1, 0.15) is 35.0 Å². The molecule has 0 aromatic carbocycles. The summed E-state index contributed by atoms with van der Waals surface area (Å²) in [5, 5.41) is 45.7. The summed E-state index contributed by atoms with van der Waals surface area (Å²) < 4.78 is 1.36. The number of aromatic carboxylic acids is 1. The number of nitrogens with one attached hydrogen (secondary N) is 1. The fourth-order valence-electron chi connectivity index (χ4n) is 4.72. The van der Waals surface area contributed by atoms with Crippen LogP contribution in [0.25, 0.3) is 0 Å². The van der Waals surface area contributed by atoms with E-state index in [0.717, 1.165) is 28.5 Å². The van der Waals surface area contributed by atoms with E-state index < -0.39 is 63.6 Å². The van der Waals surface area contributed by atoms with Crippen LogP contribution in [0.5, 0.6) is 5.75 Å². The zero-order valence-electron chi connectivity index (χ0n) is 25.5. The number of aromatic hydroxyl groups is 1. The van der Waals surface area contributed by atoms with E-state index in [2.05, 4.69) is 15.5 Å². The molecule has 0 aliphatic carbocycles. The number of aromatic nitrogens is 2. The minimum Gasteiger partial charge on any atom is -0.503 e. The summed E-state index contributed by atoms with van der Waals surface area (Å²) in [6.07, 6.45) is 1.03. The topological polar surface area (TPSA) is 264 Å². The van der Waals surface area contributed by atoms with Crippen LogP contribution in [0.1, 0.15) is 30.0 Å². The normalized spacial score (nSPS) is 18.3. The van der Waals surface area contributed by atoms with Gasteiger partial charge >= 0.3 is 17.9 Å². The molecule has 2 aromatic rings.